The van der Waals surface area contributed by atoms with E-state index in [0.717, 1.165) is 11.1 Å². The summed E-state index contributed by atoms with van der Waals surface area (Å²) < 4.78 is 15.6. The number of carbonyl (C=O) groups excluding carboxylic acids is 3. The molecule has 3 rings (SSSR count). The molecule has 35 heavy (non-hydrogen) atoms. The fourth-order valence-electron chi connectivity index (χ4n) is 3.45. The minimum absolute atomic E-state index is 0.146. The van der Waals surface area contributed by atoms with E-state index in [2.05, 4.69) is 10.6 Å². The molecule has 8 heteroatoms. The summed E-state index contributed by atoms with van der Waals surface area (Å²) in [4.78, 5) is 36.3. The molecule has 0 bridgehead atoms. The molecule has 0 saturated heterocycles. The maximum atomic E-state index is 12.6. The van der Waals surface area contributed by atoms with Crippen LogP contribution < -0.4 is 24.8 Å². The highest BCUT2D eigenvalue weighted by atomic mass is 16.5. The second-order valence-corrected chi connectivity index (χ2v) is 7.70. The van der Waals surface area contributed by atoms with Crippen LogP contribution in [0.4, 0.5) is 5.69 Å². The SMILES string of the molecule is COc1ccc(CCC(=O)Nc2ccccc2CNC(=O)c2cccc(OC(C)=O)c2)cc1OC. The van der Waals surface area contributed by atoms with E-state index in [1.807, 2.05) is 36.4 Å². The van der Waals surface area contributed by atoms with E-state index >= 15 is 0 Å². The molecule has 2 N–H and O–H groups in total. The molecule has 0 radical (unpaired) electrons. The van der Waals surface area contributed by atoms with Crippen molar-refractivity contribution in [1.29, 1.82) is 0 Å². The summed E-state index contributed by atoms with van der Waals surface area (Å²) >= 11 is 0. The third kappa shape index (κ3) is 7.33. The molecule has 0 aliphatic carbocycles. The average molecular weight is 477 g/mol. The van der Waals surface area contributed by atoms with Crippen LogP contribution in [0.2, 0.25) is 0 Å². The molecule has 182 valence electrons. The number of aryl methyl sites for hydroxylation is 1. The molecule has 0 atom stereocenters. The van der Waals surface area contributed by atoms with E-state index in [1.54, 1.807) is 38.5 Å². The van der Waals surface area contributed by atoms with Crippen LogP contribution in [0.3, 0.4) is 0 Å². The number of hydrogen-bond acceptors (Lipinski definition) is 6. The van der Waals surface area contributed by atoms with Gasteiger partial charge >= 0.3 is 5.97 Å². The zero-order chi connectivity index (χ0) is 25.2. The number of para-hydroxylation sites is 1. The third-order valence-corrected chi connectivity index (χ3v) is 5.18. The van der Waals surface area contributed by atoms with Crippen molar-refractivity contribution in [2.45, 2.75) is 26.3 Å². The molecule has 0 fully saturated rings. The van der Waals surface area contributed by atoms with Gasteiger partial charge in [0, 0.05) is 31.1 Å². The molecule has 0 aliphatic heterocycles. The van der Waals surface area contributed by atoms with E-state index in [1.165, 1.54) is 13.0 Å². The molecule has 0 saturated carbocycles. The number of rotatable bonds is 10. The number of hydrogen-bond donors (Lipinski definition) is 2. The molecule has 0 heterocycles. The zero-order valence-corrected chi connectivity index (χ0v) is 19.9. The van der Waals surface area contributed by atoms with Crippen molar-refractivity contribution in [3.8, 4) is 17.2 Å². The summed E-state index contributed by atoms with van der Waals surface area (Å²) in [6.07, 6.45) is 0.808. The Labute approximate surface area is 204 Å². The van der Waals surface area contributed by atoms with Gasteiger partial charge in [-0.1, -0.05) is 30.3 Å². The Morgan fingerprint density at radius 2 is 1.63 bits per heavy atom. The van der Waals surface area contributed by atoms with Gasteiger partial charge in [-0.25, -0.2) is 0 Å². The summed E-state index contributed by atoms with van der Waals surface area (Å²) in [7, 11) is 3.14. The molecule has 3 aromatic rings. The van der Waals surface area contributed by atoms with E-state index in [0.29, 0.717) is 34.9 Å². The van der Waals surface area contributed by atoms with Crippen LogP contribution in [-0.4, -0.2) is 32.0 Å². The van der Waals surface area contributed by atoms with Crippen molar-refractivity contribution < 1.29 is 28.6 Å². The summed E-state index contributed by atoms with van der Waals surface area (Å²) in [6, 6.07) is 19.2. The van der Waals surface area contributed by atoms with Gasteiger partial charge in [0.2, 0.25) is 5.91 Å². The molecule has 2 amide bonds. The van der Waals surface area contributed by atoms with Crippen molar-refractivity contribution >= 4 is 23.5 Å². The van der Waals surface area contributed by atoms with Crippen LogP contribution in [0.25, 0.3) is 0 Å². The first-order valence-electron chi connectivity index (χ1n) is 11.0. The van der Waals surface area contributed by atoms with Gasteiger partial charge in [-0.15, -0.1) is 0 Å². The van der Waals surface area contributed by atoms with Crippen molar-refractivity contribution in [2.75, 3.05) is 19.5 Å². The number of ether oxygens (including phenoxy) is 3. The third-order valence-electron chi connectivity index (χ3n) is 5.18. The number of methoxy groups -OCH3 is 2. The molecule has 0 aromatic heterocycles. The topological polar surface area (TPSA) is 103 Å². The lowest BCUT2D eigenvalue weighted by atomic mass is 10.1. The van der Waals surface area contributed by atoms with Gasteiger partial charge in [-0.2, -0.15) is 0 Å². The molecule has 0 unspecified atom stereocenters. The first kappa shape index (κ1) is 25.3. The van der Waals surface area contributed by atoms with Crippen LogP contribution in [0.1, 0.15) is 34.8 Å². The number of anilines is 1. The highest BCUT2D eigenvalue weighted by molar-refractivity contribution is 5.95. The van der Waals surface area contributed by atoms with Gasteiger partial charge in [0.1, 0.15) is 5.75 Å². The summed E-state index contributed by atoms with van der Waals surface area (Å²) in [5.74, 6) is 0.617. The van der Waals surface area contributed by atoms with Gasteiger partial charge < -0.3 is 24.8 Å². The van der Waals surface area contributed by atoms with E-state index < -0.39 is 5.97 Å². The molecule has 8 nitrogen and oxygen atoms in total. The Kier molecular flexibility index (Phi) is 8.83. The predicted octanol–water partition coefficient (Wildman–Crippen LogP) is 4.13. The quantitative estimate of drug-likeness (QED) is 0.337. The lowest BCUT2D eigenvalue weighted by Gasteiger charge is -2.13. The van der Waals surface area contributed by atoms with Crippen molar-refractivity contribution in [2.24, 2.45) is 0 Å². The molecular weight excluding hydrogens is 448 g/mol. The average Bonchev–Trinajstić information content (AvgIpc) is 2.86. The van der Waals surface area contributed by atoms with Crippen LogP contribution >= 0.6 is 0 Å². The maximum absolute atomic E-state index is 12.6. The number of esters is 1. The highest BCUT2D eigenvalue weighted by Gasteiger charge is 2.12. The van der Waals surface area contributed by atoms with Crippen molar-refractivity contribution in [3.63, 3.8) is 0 Å². The van der Waals surface area contributed by atoms with Crippen LogP contribution in [0.5, 0.6) is 17.2 Å². The Hall–Kier alpha value is -4.33. The second-order valence-electron chi connectivity index (χ2n) is 7.70. The molecular formula is C27H28N2O6. The lowest BCUT2D eigenvalue weighted by Crippen LogP contribution is -2.24. The van der Waals surface area contributed by atoms with Gasteiger partial charge in [-0.3, -0.25) is 14.4 Å². The van der Waals surface area contributed by atoms with Crippen molar-refractivity contribution in [3.05, 3.63) is 83.4 Å². The Morgan fingerprint density at radius 3 is 2.37 bits per heavy atom. The molecule has 0 aliphatic rings. The summed E-state index contributed by atoms with van der Waals surface area (Å²) in [6.45, 7) is 1.51. The van der Waals surface area contributed by atoms with E-state index in [-0.39, 0.29) is 24.8 Å². The minimum Gasteiger partial charge on any atom is -0.493 e. The summed E-state index contributed by atoms with van der Waals surface area (Å²) in [5.41, 5.74) is 2.70. The monoisotopic (exact) mass is 476 g/mol. The molecule has 3 aromatic carbocycles. The Morgan fingerprint density at radius 1 is 0.857 bits per heavy atom. The second kappa shape index (κ2) is 12.2. The lowest BCUT2D eigenvalue weighted by molar-refractivity contribution is -0.131. The number of amides is 2. The first-order chi connectivity index (χ1) is 16.9. The van der Waals surface area contributed by atoms with E-state index in [9.17, 15) is 14.4 Å². The fourth-order valence-corrected chi connectivity index (χ4v) is 3.45. The highest BCUT2D eigenvalue weighted by Crippen LogP contribution is 2.28. The Balaban J connectivity index is 1.58. The van der Waals surface area contributed by atoms with Crippen LogP contribution in [-0.2, 0) is 22.6 Å². The summed E-state index contributed by atoms with van der Waals surface area (Å²) in [5, 5.41) is 5.76. The van der Waals surface area contributed by atoms with Gasteiger partial charge in [-0.05, 0) is 53.9 Å². The fraction of sp³-hybridized carbons (Fsp3) is 0.222. The number of carbonyl (C=O) groups is 3. The smallest absolute Gasteiger partial charge is 0.308 e. The number of benzene rings is 3. The normalized spacial score (nSPS) is 10.3. The van der Waals surface area contributed by atoms with Gasteiger partial charge in [0.25, 0.3) is 5.91 Å². The minimum atomic E-state index is -0.460. The zero-order valence-electron chi connectivity index (χ0n) is 19.9. The maximum Gasteiger partial charge on any atom is 0.308 e. The van der Waals surface area contributed by atoms with Crippen LogP contribution in [0, 0.1) is 0 Å². The van der Waals surface area contributed by atoms with E-state index in [4.69, 9.17) is 14.2 Å². The largest absolute Gasteiger partial charge is 0.493 e. The van der Waals surface area contributed by atoms with Gasteiger partial charge in [0.15, 0.2) is 11.5 Å². The Bertz CT molecular complexity index is 1210. The standard InChI is InChI=1S/C27H28N2O6/c1-18(30)35-22-9-6-8-20(16-22)27(32)28-17-21-7-4-5-10-23(21)29-26(31)14-12-19-11-13-24(33-2)25(15-19)34-3/h4-11,13,15-16H,12,14,17H2,1-3H3,(H,28,32)(H,29,31). The molecule has 0 spiro atoms. The van der Waals surface area contributed by atoms with Crippen LogP contribution in [0.15, 0.2) is 66.7 Å². The number of nitrogens with one attached hydrogen (secondary N) is 2. The van der Waals surface area contributed by atoms with Gasteiger partial charge in [0.05, 0.1) is 14.2 Å². The van der Waals surface area contributed by atoms with Crippen molar-refractivity contribution in [1.82, 2.24) is 5.32 Å². The first-order valence-corrected chi connectivity index (χ1v) is 11.0. The predicted molar refractivity (Wildman–Crippen MR) is 132 cm³/mol.